The van der Waals surface area contributed by atoms with Gasteiger partial charge in [0.1, 0.15) is 6.61 Å². The Kier molecular flexibility index (Phi) is 5.98. The number of methoxy groups -OCH3 is 1. The molecule has 1 aromatic carbocycles. The summed E-state index contributed by atoms with van der Waals surface area (Å²) < 4.78 is 33.3. The molecule has 0 unspecified atom stereocenters. The first-order valence-electron chi connectivity index (χ1n) is 5.96. The molecule has 5 nitrogen and oxygen atoms in total. The Morgan fingerprint density at radius 2 is 1.79 bits per heavy atom. The number of carbonyl (C=O) groups excluding carboxylic acids is 1. The Hall–Kier alpha value is -1.40. The Bertz CT molecular complexity index is 504. The van der Waals surface area contributed by atoms with Crippen LogP contribution in [0.2, 0.25) is 0 Å². The predicted molar refractivity (Wildman–Crippen MR) is 70.7 cm³/mol. The number of aryl methyl sites for hydroxylation is 1. The quantitative estimate of drug-likeness (QED) is 0.556. The van der Waals surface area contributed by atoms with Gasteiger partial charge in [-0.2, -0.15) is 0 Å². The van der Waals surface area contributed by atoms with Crippen molar-refractivity contribution >= 4 is 15.8 Å². The molecule has 0 N–H and O–H groups in total. The molecular formula is C13H18O5S. The van der Waals surface area contributed by atoms with Gasteiger partial charge in [0.25, 0.3) is 0 Å². The van der Waals surface area contributed by atoms with Crippen LogP contribution in [-0.4, -0.2) is 40.5 Å². The third-order valence-electron chi connectivity index (χ3n) is 2.55. The van der Waals surface area contributed by atoms with Gasteiger partial charge in [0, 0.05) is 7.11 Å². The molecule has 0 amide bonds. The van der Waals surface area contributed by atoms with Crippen molar-refractivity contribution < 1.29 is 22.7 Å². The molecule has 0 fully saturated rings. The normalized spacial score (nSPS) is 11.3. The number of sulfone groups is 1. The summed E-state index contributed by atoms with van der Waals surface area (Å²) in [6, 6.07) is 6.50. The van der Waals surface area contributed by atoms with E-state index in [0.29, 0.717) is 0 Å². The molecular weight excluding hydrogens is 268 g/mol. The Morgan fingerprint density at radius 3 is 2.32 bits per heavy atom. The van der Waals surface area contributed by atoms with Crippen LogP contribution in [0.4, 0.5) is 0 Å². The van der Waals surface area contributed by atoms with E-state index in [1.54, 1.807) is 12.1 Å². The number of carbonyl (C=O) groups is 1. The first-order chi connectivity index (χ1) is 8.99. The first kappa shape index (κ1) is 15.7. The summed E-state index contributed by atoms with van der Waals surface area (Å²) in [6.07, 6.45) is 0.833. The zero-order valence-corrected chi connectivity index (χ0v) is 11.9. The zero-order chi connectivity index (χ0) is 14.3. The highest BCUT2D eigenvalue weighted by molar-refractivity contribution is 7.92. The topological polar surface area (TPSA) is 69.7 Å². The summed E-state index contributed by atoms with van der Waals surface area (Å²) in [5.74, 6) is -1.42. The summed E-state index contributed by atoms with van der Waals surface area (Å²) in [5.41, 5.74) is 1.04. The van der Waals surface area contributed by atoms with Crippen molar-refractivity contribution in [3.05, 3.63) is 29.8 Å². The van der Waals surface area contributed by atoms with Crippen molar-refractivity contribution in [2.75, 3.05) is 26.1 Å². The molecule has 0 aliphatic heterocycles. The minimum absolute atomic E-state index is 0.0552. The number of hydrogen-bond donors (Lipinski definition) is 0. The molecule has 0 spiro atoms. The lowest BCUT2D eigenvalue weighted by atomic mass is 10.2. The predicted octanol–water partition coefficient (Wildman–Crippen LogP) is 1.21. The van der Waals surface area contributed by atoms with E-state index in [1.807, 2.05) is 6.92 Å². The minimum atomic E-state index is -3.64. The van der Waals surface area contributed by atoms with Crippen molar-refractivity contribution in [1.82, 2.24) is 0 Å². The molecule has 0 heterocycles. The smallest absolute Gasteiger partial charge is 0.321 e. The lowest BCUT2D eigenvalue weighted by molar-refractivity contribution is -0.141. The van der Waals surface area contributed by atoms with Gasteiger partial charge in [-0.1, -0.05) is 19.1 Å². The van der Waals surface area contributed by atoms with Gasteiger partial charge in [0.05, 0.1) is 11.5 Å². The maximum atomic E-state index is 11.9. The fraction of sp³-hybridized carbons (Fsp3) is 0.462. The SMILES string of the molecule is CCc1ccc(S(=O)(=O)CC(=O)OCCOC)cc1. The molecule has 0 saturated carbocycles. The van der Waals surface area contributed by atoms with Crippen LogP contribution in [0.15, 0.2) is 29.2 Å². The van der Waals surface area contributed by atoms with Crippen LogP contribution >= 0.6 is 0 Å². The highest BCUT2D eigenvalue weighted by Crippen LogP contribution is 2.13. The minimum Gasteiger partial charge on any atom is -0.462 e. The van der Waals surface area contributed by atoms with Crippen LogP contribution in [0.5, 0.6) is 0 Å². The maximum absolute atomic E-state index is 11.9. The van der Waals surface area contributed by atoms with Crippen molar-refractivity contribution in [2.24, 2.45) is 0 Å². The van der Waals surface area contributed by atoms with E-state index in [4.69, 9.17) is 9.47 Å². The Morgan fingerprint density at radius 1 is 1.16 bits per heavy atom. The summed E-state index contributed by atoms with van der Waals surface area (Å²) in [5, 5.41) is 0. The largest absolute Gasteiger partial charge is 0.462 e. The van der Waals surface area contributed by atoms with Crippen LogP contribution < -0.4 is 0 Å². The van der Waals surface area contributed by atoms with Crippen LogP contribution in [0.3, 0.4) is 0 Å². The van der Waals surface area contributed by atoms with E-state index in [2.05, 4.69) is 0 Å². The highest BCUT2D eigenvalue weighted by atomic mass is 32.2. The molecule has 0 atom stereocenters. The summed E-state index contributed by atoms with van der Waals surface area (Å²) in [6.45, 7) is 2.29. The molecule has 0 saturated heterocycles. The molecule has 0 radical (unpaired) electrons. The summed E-state index contributed by atoms with van der Waals surface area (Å²) in [7, 11) is -2.16. The van der Waals surface area contributed by atoms with Gasteiger partial charge < -0.3 is 9.47 Å². The zero-order valence-electron chi connectivity index (χ0n) is 11.1. The van der Waals surface area contributed by atoms with Crippen molar-refractivity contribution in [2.45, 2.75) is 18.2 Å². The van der Waals surface area contributed by atoms with Crippen LogP contribution in [0.1, 0.15) is 12.5 Å². The monoisotopic (exact) mass is 286 g/mol. The third-order valence-corrected chi connectivity index (χ3v) is 4.16. The maximum Gasteiger partial charge on any atom is 0.321 e. The molecule has 6 heteroatoms. The highest BCUT2D eigenvalue weighted by Gasteiger charge is 2.20. The summed E-state index contributed by atoms with van der Waals surface area (Å²) in [4.78, 5) is 11.5. The van der Waals surface area contributed by atoms with Gasteiger partial charge in [-0.25, -0.2) is 8.42 Å². The van der Waals surface area contributed by atoms with Crippen molar-refractivity contribution in [3.8, 4) is 0 Å². The molecule has 1 rings (SSSR count). The first-order valence-corrected chi connectivity index (χ1v) is 7.61. The van der Waals surface area contributed by atoms with Gasteiger partial charge in [-0.15, -0.1) is 0 Å². The molecule has 0 aliphatic carbocycles. The van der Waals surface area contributed by atoms with Crippen LogP contribution in [0, 0.1) is 0 Å². The summed E-state index contributed by atoms with van der Waals surface area (Å²) >= 11 is 0. The fourth-order valence-corrected chi connectivity index (χ4v) is 2.56. The van der Waals surface area contributed by atoms with Gasteiger partial charge in [0.15, 0.2) is 15.6 Å². The molecule has 0 aromatic heterocycles. The number of ether oxygens (including phenoxy) is 2. The number of rotatable bonds is 7. The standard InChI is InChI=1S/C13H18O5S/c1-3-11-4-6-12(7-5-11)19(15,16)10-13(14)18-9-8-17-2/h4-7H,3,8-10H2,1-2H3. The van der Waals surface area contributed by atoms with E-state index in [9.17, 15) is 13.2 Å². The Labute approximate surface area is 113 Å². The lowest BCUT2D eigenvalue weighted by Gasteiger charge is -2.06. The second-order valence-electron chi connectivity index (χ2n) is 3.97. The van der Waals surface area contributed by atoms with E-state index in [1.165, 1.54) is 19.2 Å². The van der Waals surface area contributed by atoms with E-state index in [0.717, 1.165) is 12.0 Å². The van der Waals surface area contributed by atoms with Crippen molar-refractivity contribution in [1.29, 1.82) is 0 Å². The lowest BCUT2D eigenvalue weighted by Crippen LogP contribution is -2.20. The molecule has 0 bridgehead atoms. The molecule has 106 valence electrons. The van der Waals surface area contributed by atoms with Gasteiger partial charge in [-0.05, 0) is 24.1 Å². The second-order valence-corrected chi connectivity index (χ2v) is 5.96. The Balaban J connectivity index is 2.66. The molecule has 0 aliphatic rings. The van der Waals surface area contributed by atoms with Gasteiger partial charge in [-0.3, -0.25) is 4.79 Å². The average molecular weight is 286 g/mol. The third kappa shape index (κ3) is 5.00. The van der Waals surface area contributed by atoms with Gasteiger partial charge >= 0.3 is 5.97 Å². The molecule has 19 heavy (non-hydrogen) atoms. The number of esters is 1. The van der Waals surface area contributed by atoms with Crippen molar-refractivity contribution in [3.63, 3.8) is 0 Å². The van der Waals surface area contributed by atoms with E-state index >= 15 is 0 Å². The van der Waals surface area contributed by atoms with E-state index < -0.39 is 21.6 Å². The number of hydrogen-bond acceptors (Lipinski definition) is 5. The van der Waals surface area contributed by atoms with E-state index in [-0.39, 0.29) is 18.1 Å². The van der Waals surface area contributed by atoms with Crippen LogP contribution in [0.25, 0.3) is 0 Å². The van der Waals surface area contributed by atoms with Gasteiger partial charge in [0.2, 0.25) is 0 Å². The average Bonchev–Trinajstić information content (AvgIpc) is 2.38. The second kappa shape index (κ2) is 7.25. The molecule has 1 aromatic rings. The fourth-order valence-electron chi connectivity index (χ4n) is 1.45. The number of benzene rings is 1. The van der Waals surface area contributed by atoms with Crippen LogP contribution in [-0.2, 0) is 30.5 Å².